The number of ketones is 1. The van der Waals surface area contributed by atoms with E-state index in [1.165, 1.54) is 3.57 Å². The molecular formula is C20H19IN4O2. The molecule has 3 heterocycles. The van der Waals surface area contributed by atoms with Crippen molar-refractivity contribution in [2.24, 2.45) is 11.8 Å². The van der Waals surface area contributed by atoms with Crippen LogP contribution in [0.3, 0.4) is 0 Å². The zero-order valence-corrected chi connectivity index (χ0v) is 17.1. The zero-order chi connectivity index (χ0) is 18.5. The summed E-state index contributed by atoms with van der Waals surface area (Å²) in [5.74, 6) is 1.15. The number of Topliss-reactive ketones (excluding diaryl/α,β-unsaturated/α-hetero) is 1. The zero-order valence-electron chi connectivity index (χ0n) is 14.9. The van der Waals surface area contributed by atoms with Gasteiger partial charge in [-0.05, 0) is 79.2 Å². The fourth-order valence-corrected chi connectivity index (χ4v) is 4.70. The number of piperidine rings is 1. The van der Waals surface area contributed by atoms with E-state index in [4.69, 9.17) is 9.62 Å². The van der Waals surface area contributed by atoms with Gasteiger partial charge in [-0.3, -0.25) is 4.79 Å². The summed E-state index contributed by atoms with van der Waals surface area (Å²) in [6, 6.07) is 9.98. The van der Waals surface area contributed by atoms with Crippen LogP contribution in [0, 0.1) is 15.4 Å². The van der Waals surface area contributed by atoms with Crippen LogP contribution in [0.4, 0.5) is 0 Å². The number of carbonyl (C=O) groups is 1. The Kier molecular flexibility index (Phi) is 4.16. The molecule has 0 radical (unpaired) electrons. The smallest absolute Gasteiger partial charge is 0.187 e. The number of benzene rings is 1. The molecule has 1 aliphatic carbocycles. The van der Waals surface area contributed by atoms with Crippen molar-refractivity contribution in [2.75, 3.05) is 20.1 Å². The highest BCUT2D eigenvalue weighted by molar-refractivity contribution is 14.1. The summed E-state index contributed by atoms with van der Waals surface area (Å²) in [6.45, 7) is 1.85. The average Bonchev–Trinajstić information content (AvgIpc) is 3.31. The van der Waals surface area contributed by atoms with Crippen LogP contribution in [-0.4, -0.2) is 45.8 Å². The minimum absolute atomic E-state index is 0.0345. The molecule has 0 bridgehead atoms. The molecular weight excluding hydrogens is 455 g/mol. The molecule has 1 aromatic carbocycles. The van der Waals surface area contributed by atoms with E-state index >= 15 is 0 Å². The third-order valence-corrected chi connectivity index (χ3v) is 6.44. The minimum Gasteiger partial charge on any atom is -0.355 e. The van der Waals surface area contributed by atoms with Gasteiger partial charge in [0, 0.05) is 22.1 Å². The van der Waals surface area contributed by atoms with Crippen molar-refractivity contribution in [1.29, 1.82) is 0 Å². The largest absolute Gasteiger partial charge is 0.355 e. The molecule has 2 aromatic heterocycles. The van der Waals surface area contributed by atoms with Crippen molar-refractivity contribution in [3.05, 3.63) is 51.4 Å². The normalized spacial score (nSPS) is 22.5. The summed E-state index contributed by atoms with van der Waals surface area (Å²) in [6.07, 6.45) is 3.50. The second-order valence-corrected chi connectivity index (χ2v) is 8.67. The Balaban J connectivity index is 1.69. The van der Waals surface area contributed by atoms with Gasteiger partial charge in [0.1, 0.15) is 5.69 Å². The maximum absolute atomic E-state index is 13.5. The first-order valence-corrected chi connectivity index (χ1v) is 10.2. The number of nitrogens with zero attached hydrogens (tertiary/aromatic N) is 4. The molecule has 0 amide bonds. The predicted octanol–water partition coefficient (Wildman–Crippen LogP) is 3.44. The van der Waals surface area contributed by atoms with Gasteiger partial charge in [0.2, 0.25) is 0 Å². The third-order valence-electron chi connectivity index (χ3n) is 5.72. The highest BCUT2D eigenvalue weighted by atomic mass is 127. The van der Waals surface area contributed by atoms with E-state index in [1.807, 2.05) is 16.8 Å². The Morgan fingerprint density at radius 2 is 2.04 bits per heavy atom. The van der Waals surface area contributed by atoms with Gasteiger partial charge in [0.25, 0.3) is 0 Å². The molecule has 2 aliphatic rings. The lowest BCUT2D eigenvalue weighted by molar-refractivity contribution is 0.0705. The number of carbonyl (C=O) groups excluding carboxylic acids is 1. The van der Waals surface area contributed by atoms with E-state index in [9.17, 15) is 4.79 Å². The lowest BCUT2D eigenvalue weighted by Crippen LogP contribution is -2.45. The maximum Gasteiger partial charge on any atom is 0.187 e. The molecule has 1 fully saturated rings. The molecule has 0 N–H and O–H groups in total. The van der Waals surface area contributed by atoms with Gasteiger partial charge in [-0.2, -0.15) is 5.10 Å². The summed E-state index contributed by atoms with van der Waals surface area (Å²) >= 11 is 2.29. The first-order valence-electron chi connectivity index (χ1n) is 9.13. The number of aromatic nitrogens is 3. The molecule has 3 aromatic rings. The summed E-state index contributed by atoms with van der Waals surface area (Å²) in [4.78, 5) is 15.7. The van der Waals surface area contributed by atoms with Gasteiger partial charge < -0.3 is 9.42 Å². The van der Waals surface area contributed by atoms with Crippen LogP contribution in [0.25, 0.3) is 17.1 Å². The lowest BCUT2D eigenvalue weighted by Gasteiger charge is -2.38. The lowest BCUT2D eigenvalue weighted by atomic mass is 9.73. The molecule has 2 unspecified atom stereocenters. The number of hydrogen-bond donors (Lipinski definition) is 0. The molecule has 138 valence electrons. The molecule has 1 aliphatic heterocycles. The van der Waals surface area contributed by atoms with Crippen molar-refractivity contribution in [3.63, 3.8) is 0 Å². The maximum atomic E-state index is 13.5. The SMILES string of the molecule is CN1CCC2Cc3c(c(-c4ccno4)nn3-c3ccc(I)cc3)C(=O)C2C1. The highest BCUT2D eigenvalue weighted by Gasteiger charge is 2.43. The van der Waals surface area contributed by atoms with Crippen LogP contribution in [-0.2, 0) is 6.42 Å². The quantitative estimate of drug-likeness (QED) is 0.533. The summed E-state index contributed by atoms with van der Waals surface area (Å²) in [5, 5.41) is 8.62. The van der Waals surface area contributed by atoms with Gasteiger partial charge >= 0.3 is 0 Å². The van der Waals surface area contributed by atoms with E-state index in [1.54, 1.807) is 12.3 Å². The highest BCUT2D eigenvalue weighted by Crippen LogP contribution is 2.40. The number of rotatable bonds is 2. The molecule has 0 spiro atoms. The van der Waals surface area contributed by atoms with Crippen molar-refractivity contribution < 1.29 is 9.32 Å². The van der Waals surface area contributed by atoms with Crippen molar-refractivity contribution in [2.45, 2.75) is 12.8 Å². The fourth-order valence-electron chi connectivity index (χ4n) is 4.35. The second-order valence-electron chi connectivity index (χ2n) is 7.42. The van der Waals surface area contributed by atoms with E-state index in [-0.39, 0.29) is 11.7 Å². The molecule has 27 heavy (non-hydrogen) atoms. The average molecular weight is 474 g/mol. The van der Waals surface area contributed by atoms with Crippen LogP contribution in [0.2, 0.25) is 0 Å². The van der Waals surface area contributed by atoms with Gasteiger partial charge in [-0.1, -0.05) is 5.16 Å². The Labute approximate surface area is 170 Å². The number of likely N-dealkylation sites (tertiary alicyclic amines) is 1. The van der Waals surface area contributed by atoms with Crippen LogP contribution < -0.4 is 0 Å². The van der Waals surface area contributed by atoms with E-state index in [0.29, 0.717) is 22.9 Å². The molecule has 5 rings (SSSR count). The first kappa shape index (κ1) is 17.1. The molecule has 2 atom stereocenters. The van der Waals surface area contributed by atoms with Crippen LogP contribution >= 0.6 is 22.6 Å². The Morgan fingerprint density at radius 3 is 2.78 bits per heavy atom. The summed E-state index contributed by atoms with van der Waals surface area (Å²) in [5.41, 5.74) is 3.29. The van der Waals surface area contributed by atoms with E-state index in [0.717, 1.165) is 37.3 Å². The Morgan fingerprint density at radius 1 is 1.22 bits per heavy atom. The monoisotopic (exact) mass is 474 g/mol. The summed E-state index contributed by atoms with van der Waals surface area (Å²) < 4.78 is 8.46. The fraction of sp³-hybridized carbons (Fsp3) is 0.350. The van der Waals surface area contributed by atoms with Crippen LogP contribution in [0.1, 0.15) is 22.5 Å². The molecule has 0 saturated carbocycles. The molecule has 7 heteroatoms. The second kappa shape index (κ2) is 6.56. The summed E-state index contributed by atoms with van der Waals surface area (Å²) in [7, 11) is 2.09. The third kappa shape index (κ3) is 2.84. The van der Waals surface area contributed by atoms with Crippen molar-refractivity contribution in [3.8, 4) is 17.1 Å². The first-order chi connectivity index (χ1) is 13.1. The van der Waals surface area contributed by atoms with Crippen LogP contribution in [0.15, 0.2) is 41.1 Å². The Bertz CT molecular complexity index is 994. The van der Waals surface area contributed by atoms with Crippen molar-refractivity contribution >= 4 is 28.4 Å². The van der Waals surface area contributed by atoms with Gasteiger partial charge in [0.05, 0.1) is 23.1 Å². The number of hydrogen-bond acceptors (Lipinski definition) is 5. The number of halogens is 1. The number of fused-ring (bicyclic) bond motifs is 2. The van der Waals surface area contributed by atoms with E-state index < -0.39 is 0 Å². The van der Waals surface area contributed by atoms with Gasteiger partial charge in [0.15, 0.2) is 11.5 Å². The van der Waals surface area contributed by atoms with Crippen molar-refractivity contribution in [1.82, 2.24) is 19.8 Å². The topological polar surface area (TPSA) is 64.2 Å². The predicted molar refractivity (Wildman–Crippen MR) is 109 cm³/mol. The Hall–Kier alpha value is -2.00. The molecule has 6 nitrogen and oxygen atoms in total. The molecule has 1 saturated heterocycles. The van der Waals surface area contributed by atoms with Crippen LogP contribution in [0.5, 0.6) is 0 Å². The van der Waals surface area contributed by atoms with E-state index in [2.05, 4.69) is 51.8 Å². The van der Waals surface area contributed by atoms with Gasteiger partial charge in [-0.25, -0.2) is 4.68 Å². The minimum atomic E-state index is 0.0345. The standard InChI is InChI=1S/C20H19IN4O2/c1-24-9-7-12-10-16-18(20(26)15(12)11-24)19(17-6-8-22-27-17)23-25(16)14-4-2-13(21)3-5-14/h2-6,8,12,15H,7,9-11H2,1H3. The van der Waals surface area contributed by atoms with Gasteiger partial charge in [-0.15, -0.1) is 0 Å².